The van der Waals surface area contributed by atoms with Crippen LogP contribution in [-0.4, -0.2) is 16.8 Å². The second-order valence-electron chi connectivity index (χ2n) is 5.65. The van der Waals surface area contributed by atoms with Crippen LogP contribution in [0.5, 0.6) is 0 Å². The summed E-state index contributed by atoms with van der Waals surface area (Å²) in [4.78, 5) is 0. The van der Waals surface area contributed by atoms with Gasteiger partial charge in [-0.25, -0.2) is 0 Å². The molecule has 1 unspecified atom stereocenters. The molecule has 0 saturated carbocycles. The molecule has 2 nitrogen and oxygen atoms in total. The Morgan fingerprint density at radius 3 is 2.05 bits per heavy atom. The Balaban J connectivity index is -0.000000300. The molecule has 0 heterocycles. The van der Waals surface area contributed by atoms with E-state index < -0.39 is 0 Å². The van der Waals surface area contributed by atoms with Crippen LogP contribution in [0.2, 0.25) is 0 Å². The molecule has 2 N–H and O–H groups in total. The van der Waals surface area contributed by atoms with Crippen LogP contribution in [0.1, 0.15) is 47.5 Å². The molecule has 0 aromatic rings. The van der Waals surface area contributed by atoms with Gasteiger partial charge in [0.25, 0.3) is 0 Å². The summed E-state index contributed by atoms with van der Waals surface area (Å²) in [7, 11) is 0. The summed E-state index contributed by atoms with van der Waals surface area (Å²) in [5, 5.41) is 17.7. The van der Waals surface area contributed by atoms with Crippen molar-refractivity contribution in [3.05, 3.63) is 48.3 Å². The van der Waals surface area contributed by atoms with Crippen LogP contribution in [0.25, 0.3) is 0 Å². The fourth-order valence-electron chi connectivity index (χ4n) is 1.55. The first-order valence-corrected chi connectivity index (χ1v) is 7.06. The minimum atomic E-state index is 0. The van der Waals surface area contributed by atoms with Gasteiger partial charge in [0.1, 0.15) is 0 Å². The van der Waals surface area contributed by atoms with E-state index >= 15 is 0 Å². The average Bonchev–Trinajstić information content (AvgIpc) is 2.34. The van der Waals surface area contributed by atoms with Crippen LogP contribution in [0.4, 0.5) is 0 Å². The zero-order chi connectivity index (χ0) is 16.1. The molecule has 122 valence electrons. The third-order valence-corrected chi connectivity index (χ3v) is 2.79. The molecule has 0 aliphatic carbocycles. The molecule has 0 radical (unpaired) electrons. The van der Waals surface area contributed by atoms with E-state index in [0.29, 0.717) is 12.3 Å². The monoisotopic (exact) mass is 331 g/mol. The summed E-state index contributed by atoms with van der Waals surface area (Å²) in [6.45, 7) is 17.5. The number of allylic oxidation sites excluding steroid dienone is 6. The summed E-state index contributed by atoms with van der Waals surface area (Å²) in [6, 6.07) is 0. The van der Waals surface area contributed by atoms with Gasteiger partial charge in [0, 0.05) is 30.4 Å². The number of hydrogen-bond donors (Lipinski definition) is 2. The van der Waals surface area contributed by atoms with Crippen molar-refractivity contribution in [3.8, 4) is 0 Å². The standard InChI is InChI=1S/C9H18O2.C9H13.Cr/c1-7(2)4-9(6-10)5-8(3)11;1-5-6-7-9(4)8(2)3;/h7,9-11H,3-6H2,1-2H3;5,7H,1H2,2-4H3;/q;-1;. The van der Waals surface area contributed by atoms with Crippen LogP contribution in [0.15, 0.2) is 42.2 Å². The molecule has 21 heavy (non-hydrogen) atoms. The molecule has 0 saturated heterocycles. The maximum Gasteiger partial charge on any atom is 0.0854 e. The molecule has 0 aliphatic heterocycles. The normalized spacial score (nSPS) is 11.2. The Morgan fingerprint density at radius 1 is 1.24 bits per heavy atom. The topological polar surface area (TPSA) is 40.5 Å². The van der Waals surface area contributed by atoms with Gasteiger partial charge < -0.3 is 10.2 Å². The Morgan fingerprint density at radius 2 is 1.76 bits per heavy atom. The summed E-state index contributed by atoms with van der Waals surface area (Å²) in [5.41, 5.74) is 2.58. The minimum Gasteiger partial charge on any atom is -0.513 e. The molecule has 0 bridgehead atoms. The van der Waals surface area contributed by atoms with Crippen LogP contribution in [-0.2, 0) is 17.4 Å². The van der Waals surface area contributed by atoms with Gasteiger partial charge in [0.15, 0.2) is 0 Å². The molecular weight excluding hydrogens is 300 g/mol. The first-order chi connectivity index (χ1) is 9.24. The number of hydrogen-bond acceptors (Lipinski definition) is 2. The van der Waals surface area contributed by atoms with Crippen molar-refractivity contribution in [3.63, 3.8) is 0 Å². The van der Waals surface area contributed by atoms with E-state index in [1.54, 1.807) is 6.08 Å². The second-order valence-corrected chi connectivity index (χ2v) is 5.65. The van der Waals surface area contributed by atoms with Gasteiger partial charge in [-0.15, -0.1) is 11.1 Å². The van der Waals surface area contributed by atoms with Crippen molar-refractivity contribution in [1.29, 1.82) is 0 Å². The van der Waals surface area contributed by atoms with E-state index in [9.17, 15) is 0 Å². The Hall–Kier alpha value is -0.748. The van der Waals surface area contributed by atoms with Crippen LogP contribution >= 0.6 is 0 Å². The second kappa shape index (κ2) is 15.6. The summed E-state index contributed by atoms with van der Waals surface area (Å²) in [5.74, 6) is 0.906. The molecule has 0 fully saturated rings. The SMILES string of the molecule is C=C(O)CC(CO)CC(C)C.C=C[C-]=CC(C)=C(C)C.[Cr]. The molecular formula is C18H31CrO2-. The van der Waals surface area contributed by atoms with Crippen molar-refractivity contribution >= 4 is 0 Å². The molecule has 0 rings (SSSR count). The van der Waals surface area contributed by atoms with Crippen molar-refractivity contribution in [2.75, 3.05) is 6.61 Å². The molecule has 0 aliphatic rings. The van der Waals surface area contributed by atoms with Gasteiger partial charge in [-0.3, -0.25) is 0 Å². The van der Waals surface area contributed by atoms with Gasteiger partial charge in [-0.2, -0.15) is 24.8 Å². The Labute approximate surface area is 142 Å². The number of aliphatic hydroxyl groups is 2. The average molecular weight is 331 g/mol. The maximum atomic E-state index is 8.87. The number of aliphatic hydroxyl groups excluding tert-OH is 2. The van der Waals surface area contributed by atoms with E-state index in [0.717, 1.165) is 6.42 Å². The van der Waals surface area contributed by atoms with E-state index in [4.69, 9.17) is 10.2 Å². The quantitative estimate of drug-likeness (QED) is 0.392. The fraction of sp³-hybridized carbons (Fsp3) is 0.556. The largest absolute Gasteiger partial charge is 0.513 e. The van der Waals surface area contributed by atoms with Gasteiger partial charge >= 0.3 is 0 Å². The summed E-state index contributed by atoms with van der Waals surface area (Å²) in [6.07, 6.45) is 7.97. The molecule has 1 atom stereocenters. The molecule has 0 amide bonds. The third-order valence-electron chi connectivity index (χ3n) is 2.79. The van der Waals surface area contributed by atoms with Crippen LogP contribution in [0.3, 0.4) is 0 Å². The summed E-state index contributed by atoms with van der Waals surface area (Å²) >= 11 is 0. The molecule has 0 aromatic heterocycles. The Bertz CT molecular complexity index is 337. The zero-order valence-electron chi connectivity index (χ0n) is 14.1. The van der Waals surface area contributed by atoms with E-state index in [-0.39, 0.29) is 35.6 Å². The predicted octanol–water partition coefficient (Wildman–Crippen LogP) is 4.99. The van der Waals surface area contributed by atoms with E-state index in [1.807, 2.05) is 6.08 Å². The van der Waals surface area contributed by atoms with E-state index in [2.05, 4.69) is 53.9 Å². The smallest absolute Gasteiger partial charge is 0.0854 e. The van der Waals surface area contributed by atoms with Crippen LogP contribution < -0.4 is 0 Å². The first-order valence-electron chi connectivity index (χ1n) is 7.06. The fourth-order valence-corrected chi connectivity index (χ4v) is 1.55. The predicted molar refractivity (Wildman–Crippen MR) is 88.5 cm³/mol. The zero-order valence-corrected chi connectivity index (χ0v) is 15.4. The number of rotatable bonds is 7. The third kappa shape index (κ3) is 19.3. The van der Waals surface area contributed by atoms with Crippen molar-refractivity contribution < 1.29 is 27.6 Å². The molecule has 3 heteroatoms. The maximum absolute atomic E-state index is 8.87. The van der Waals surface area contributed by atoms with Gasteiger partial charge in [0.2, 0.25) is 0 Å². The molecule has 0 aromatic carbocycles. The van der Waals surface area contributed by atoms with Gasteiger partial charge in [-0.1, -0.05) is 41.2 Å². The van der Waals surface area contributed by atoms with Gasteiger partial charge in [0.05, 0.1) is 5.76 Å². The van der Waals surface area contributed by atoms with Crippen molar-refractivity contribution in [2.24, 2.45) is 11.8 Å². The van der Waals surface area contributed by atoms with Crippen molar-refractivity contribution in [1.82, 2.24) is 0 Å². The van der Waals surface area contributed by atoms with Crippen molar-refractivity contribution in [2.45, 2.75) is 47.5 Å². The Kier molecular flexibility index (Phi) is 18.8. The van der Waals surface area contributed by atoms with Crippen LogP contribution in [0, 0.1) is 17.9 Å². The summed E-state index contributed by atoms with van der Waals surface area (Å²) < 4.78 is 0. The minimum absolute atomic E-state index is 0. The molecule has 0 spiro atoms. The first kappa shape index (κ1) is 25.2. The van der Waals surface area contributed by atoms with E-state index in [1.165, 1.54) is 11.1 Å². The van der Waals surface area contributed by atoms with Gasteiger partial charge in [-0.05, 0) is 18.3 Å².